The van der Waals surface area contributed by atoms with Gasteiger partial charge in [0.15, 0.2) is 5.58 Å². The zero-order chi connectivity index (χ0) is 41.4. The molecule has 3 nitrogen and oxygen atoms in total. The fourth-order valence-corrected chi connectivity index (χ4v) is 10.0. The van der Waals surface area contributed by atoms with E-state index < -0.39 is 0 Å². The van der Waals surface area contributed by atoms with Crippen molar-refractivity contribution in [3.63, 3.8) is 0 Å². The average Bonchev–Trinajstić information content (AvgIpc) is 3.91. The molecule has 0 aliphatic heterocycles. The van der Waals surface area contributed by atoms with Crippen LogP contribution in [0.3, 0.4) is 0 Å². The lowest BCUT2D eigenvalue weighted by Gasteiger charge is -2.25. The zero-order valence-electron chi connectivity index (χ0n) is 34.2. The molecule has 0 atom stereocenters. The van der Waals surface area contributed by atoms with Crippen LogP contribution in [-0.4, -0.2) is 4.57 Å². The Balaban J connectivity index is 0.974. The Labute approximate surface area is 363 Å². The minimum absolute atomic E-state index is 0.872. The standard InChI is InChI=1S/C60H38N2O/c1-3-14-39(15-4-1)41-28-34-56-54(36-41)55-37-42(29-35-57(55)62(56)45-32-33-50-48-20-8-7-18-46(48)47-19-9-10-21-49(47)53(50)38-45)40-26-30-44(31-27-40)61(43-16-5-2-6-17-43)58-24-13-23-52-51-22-11-12-25-59(51)63-60(52)58/h1-38H. The summed E-state index contributed by atoms with van der Waals surface area (Å²) in [5.41, 5.74) is 13.1. The number of anilines is 3. The first-order chi connectivity index (χ1) is 31.2. The molecule has 0 saturated heterocycles. The Morgan fingerprint density at radius 2 is 0.794 bits per heavy atom. The summed E-state index contributed by atoms with van der Waals surface area (Å²) in [6.45, 7) is 0. The molecule has 2 heterocycles. The van der Waals surface area contributed by atoms with Crippen LogP contribution in [0.25, 0.3) is 104 Å². The van der Waals surface area contributed by atoms with E-state index in [0.29, 0.717) is 0 Å². The van der Waals surface area contributed by atoms with Crippen LogP contribution in [0.1, 0.15) is 0 Å². The fraction of sp³-hybridized carbons (Fsp3) is 0. The normalized spacial score (nSPS) is 11.8. The van der Waals surface area contributed by atoms with Gasteiger partial charge in [0.1, 0.15) is 5.58 Å². The van der Waals surface area contributed by atoms with E-state index in [9.17, 15) is 0 Å². The third-order valence-corrected chi connectivity index (χ3v) is 13.0. The van der Waals surface area contributed by atoms with Crippen LogP contribution < -0.4 is 4.90 Å². The van der Waals surface area contributed by atoms with Gasteiger partial charge >= 0.3 is 0 Å². The highest BCUT2D eigenvalue weighted by atomic mass is 16.3. The summed E-state index contributed by atoms with van der Waals surface area (Å²) < 4.78 is 9.01. The third kappa shape index (κ3) is 5.60. The van der Waals surface area contributed by atoms with Crippen molar-refractivity contribution in [2.45, 2.75) is 0 Å². The number of fused-ring (bicyclic) bond motifs is 12. The quantitative estimate of drug-likeness (QED) is 0.156. The predicted molar refractivity (Wildman–Crippen MR) is 266 cm³/mol. The summed E-state index contributed by atoms with van der Waals surface area (Å²) in [4.78, 5) is 2.30. The second kappa shape index (κ2) is 14.1. The van der Waals surface area contributed by atoms with Gasteiger partial charge in [0, 0.05) is 38.6 Å². The summed E-state index contributed by atoms with van der Waals surface area (Å²) in [5, 5.41) is 12.3. The molecule has 0 N–H and O–H groups in total. The topological polar surface area (TPSA) is 21.3 Å². The molecule has 0 fully saturated rings. The summed E-state index contributed by atoms with van der Waals surface area (Å²) in [6.07, 6.45) is 0. The molecule has 0 spiro atoms. The summed E-state index contributed by atoms with van der Waals surface area (Å²) >= 11 is 0. The average molecular weight is 803 g/mol. The van der Waals surface area contributed by atoms with E-state index in [1.165, 1.54) is 70.8 Å². The van der Waals surface area contributed by atoms with Crippen LogP contribution in [0, 0.1) is 0 Å². The number of aromatic nitrogens is 1. The van der Waals surface area contributed by atoms with Crippen LogP contribution in [0.4, 0.5) is 17.1 Å². The summed E-state index contributed by atoms with van der Waals surface area (Å²) in [7, 11) is 0. The van der Waals surface area contributed by atoms with Crippen molar-refractivity contribution in [2.75, 3.05) is 4.90 Å². The molecule has 0 radical (unpaired) electrons. The highest BCUT2D eigenvalue weighted by Crippen LogP contribution is 2.44. The first-order valence-corrected chi connectivity index (χ1v) is 21.6. The molecular formula is C60H38N2O. The Bertz CT molecular complexity index is 3860. The molecule has 3 heteroatoms. The maximum Gasteiger partial charge on any atom is 0.159 e. The lowest BCUT2D eigenvalue weighted by atomic mass is 9.94. The van der Waals surface area contributed by atoms with E-state index in [1.54, 1.807) is 0 Å². The van der Waals surface area contributed by atoms with Crippen molar-refractivity contribution >= 4 is 93.1 Å². The van der Waals surface area contributed by atoms with Crippen molar-refractivity contribution in [1.29, 1.82) is 0 Å². The predicted octanol–water partition coefficient (Wildman–Crippen LogP) is 16.9. The number of para-hydroxylation sites is 3. The molecule has 11 aromatic carbocycles. The first kappa shape index (κ1) is 35.4. The second-order valence-electron chi connectivity index (χ2n) is 16.5. The molecule has 2 aromatic heterocycles. The van der Waals surface area contributed by atoms with Gasteiger partial charge in [-0.1, -0.05) is 158 Å². The molecule has 13 aromatic rings. The molecular weight excluding hydrogens is 765 g/mol. The fourth-order valence-electron chi connectivity index (χ4n) is 10.0. The summed E-state index contributed by atoms with van der Waals surface area (Å²) in [5.74, 6) is 0. The molecule has 63 heavy (non-hydrogen) atoms. The van der Waals surface area contributed by atoms with Gasteiger partial charge in [-0.2, -0.15) is 0 Å². The zero-order valence-corrected chi connectivity index (χ0v) is 34.2. The maximum atomic E-state index is 6.56. The highest BCUT2D eigenvalue weighted by molar-refractivity contribution is 6.25. The van der Waals surface area contributed by atoms with Gasteiger partial charge in [-0.05, 0) is 127 Å². The van der Waals surface area contributed by atoms with E-state index in [2.05, 4.69) is 228 Å². The molecule has 13 rings (SSSR count). The first-order valence-electron chi connectivity index (χ1n) is 21.6. The maximum absolute atomic E-state index is 6.56. The van der Waals surface area contributed by atoms with E-state index in [4.69, 9.17) is 4.42 Å². The van der Waals surface area contributed by atoms with E-state index in [1.807, 2.05) is 12.1 Å². The third-order valence-electron chi connectivity index (χ3n) is 13.0. The molecule has 0 aliphatic carbocycles. The van der Waals surface area contributed by atoms with Gasteiger partial charge in [0.25, 0.3) is 0 Å². The van der Waals surface area contributed by atoms with Crippen LogP contribution in [0.15, 0.2) is 235 Å². The molecule has 0 amide bonds. The van der Waals surface area contributed by atoms with Crippen molar-refractivity contribution in [2.24, 2.45) is 0 Å². The van der Waals surface area contributed by atoms with Crippen LogP contribution in [-0.2, 0) is 0 Å². The number of rotatable bonds is 6. The lowest BCUT2D eigenvalue weighted by molar-refractivity contribution is 0.669. The highest BCUT2D eigenvalue weighted by Gasteiger charge is 2.20. The van der Waals surface area contributed by atoms with E-state index >= 15 is 0 Å². The van der Waals surface area contributed by atoms with Crippen molar-refractivity contribution < 1.29 is 4.42 Å². The Hall–Kier alpha value is -8.40. The Morgan fingerprint density at radius 3 is 1.44 bits per heavy atom. The Morgan fingerprint density at radius 1 is 0.302 bits per heavy atom. The number of hydrogen-bond acceptors (Lipinski definition) is 2. The monoisotopic (exact) mass is 802 g/mol. The van der Waals surface area contributed by atoms with Crippen LogP contribution in [0.2, 0.25) is 0 Å². The second-order valence-corrected chi connectivity index (χ2v) is 16.5. The van der Waals surface area contributed by atoms with Gasteiger partial charge in [-0.15, -0.1) is 0 Å². The van der Waals surface area contributed by atoms with E-state index in [-0.39, 0.29) is 0 Å². The van der Waals surface area contributed by atoms with Gasteiger partial charge in [0.05, 0.1) is 16.7 Å². The van der Waals surface area contributed by atoms with Crippen LogP contribution >= 0.6 is 0 Å². The molecule has 294 valence electrons. The molecule has 0 bridgehead atoms. The SMILES string of the molecule is c1ccc(-c2ccc3c(c2)c2cc(-c4ccc(N(c5ccccc5)c5cccc6c5oc5ccccc56)cc4)ccc2n3-c2ccc3c4ccccc4c4ccccc4c3c2)cc1. The number of hydrogen-bond donors (Lipinski definition) is 0. The number of nitrogens with zero attached hydrogens (tertiary/aromatic N) is 2. The minimum Gasteiger partial charge on any atom is -0.454 e. The van der Waals surface area contributed by atoms with Gasteiger partial charge < -0.3 is 13.9 Å². The minimum atomic E-state index is 0.872. The van der Waals surface area contributed by atoms with E-state index in [0.717, 1.165) is 50.3 Å². The number of benzene rings is 11. The molecule has 0 aliphatic rings. The van der Waals surface area contributed by atoms with Crippen molar-refractivity contribution in [3.8, 4) is 27.9 Å². The molecule has 0 unspecified atom stereocenters. The van der Waals surface area contributed by atoms with Gasteiger partial charge in [-0.3, -0.25) is 0 Å². The van der Waals surface area contributed by atoms with Gasteiger partial charge in [-0.25, -0.2) is 0 Å². The molecule has 0 saturated carbocycles. The number of furan rings is 1. The summed E-state index contributed by atoms with van der Waals surface area (Å²) in [6, 6.07) is 83.4. The Kier molecular flexibility index (Phi) is 7.91. The van der Waals surface area contributed by atoms with Gasteiger partial charge in [0.2, 0.25) is 0 Å². The lowest BCUT2D eigenvalue weighted by Crippen LogP contribution is -2.10. The van der Waals surface area contributed by atoms with Crippen molar-refractivity contribution in [1.82, 2.24) is 4.57 Å². The smallest absolute Gasteiger partial charge is 0.159 e. The van der Waals surface area contributed by atoms with Crippen molar-refractivity contribution in [3.05, 3.63) is 231 Å². The van der Waals surface area contributed by atoms with Crippen LogP contribution in [0.5, 0.6) is 0 Å². The largest absolute Gasteiger partial charge is 0.454 e.